The molecule has 1 fully saturated rings. The fraction of sp³-hybridized carbons (Fsp3) is 0.286. The predicted molar refractivity (Wildman–Crippen MR) is 145 cm³/mol. The Morgan fingerprint density at radius 3 is 2.48 bits per heavy atom. The summed E-state index contributed by atoms with van der Waals surface area (Å²) in [6.07, 6.45) is 4.67. The quantitative estimate of drug-likeness (QED) is 0.226. The normalized spacial score (nSPS) is 16.4. The van der Waals surface area contributed by atoms with Crippen molar-refractivity contribution in [1.29, 1.82) is 0 Å². The second-order valence-corrected chi connectivity index (χ2v) is 10.6. The van der Waals surface area contributed by atoms with E-state index in [4.69, 9.17) is 11.6 Å². The molecule has 0 bridgehead atoms. The molecule has 0 aromatic carbocycles. The molecule has 0 unspecified atom stereocenters. The van der Waals surface area contributed by atoms with Crippen molar-refractivity contribution in [2.45, 2.75) is 52.5 Å². The van der Waals surface area contributed by atoms with E-state index in [2.05, 4.69) is 25.1 Å². The van der Waals surface area contributed by atoms with Gasteiger partial charge in [-0.1, -0.05) is 11.6 Å². The average molecular weight is 599 g/mol. The summed E-state index contributed by atoms with van der Waals surface area (Å²) >= 11 is 6.57. The Labute approximate surface area is 241 Å². The average Bonchev–Trinajstić information content (AvgIpc) is 3.42. The summed E-state index contributed by atoms with van der Waals surface area (Å²) < 4.78 is 59.9. The summed E-state index contributed by atoms with van der Waals surface area (Å²) in [5.41, 5.74) is 1.07. The summed E-state index contributed by atoms with van der Waals surface area (Å²) in [5, 5.41) is 7.76. The van der Waals surface area contributed by atoms with E-state index in [1.54, 1.807) is 33.8 Å². The van der Waals surface area contributed by atoms with Crippen molar-refractivity contribution in [3.63, 3.8) is 0 Å². The van der Waals surface area contributed by atoms with E-state index in [1.165, 1.54) is 33.9 Å². The number of halogens is 5. The van der Waals surface area contributed by atoms with E-state index in [9.17, 15) is 18.0 Å². The molecule has 42 heavy (non-hydrogen) atoms. The van der Waals surface area contributed by atoms with Crippen LogP contribution in [0.15, 0.2) is 41.6 Å². The SMILES string of the molecule is Cc1nc(C)n(-c2nc(-c3ncc(C)c(-n4c(C)cc([C@H]5C[C@@H]5c5cnn(C(F)F)c5)c(Cl)c4=O)c3F)ccc2F)n1. The second-order valence-electron chi connectivity index (χ2n) is 10.2. The summed E-state index contributed by atoms with van der Waals surface area (Å²) in [5.74, 6) is -1.18. The van der Waals surface area contributed by atoms with Gasteiger partial charge in [0, 0.05) is 18.1 Å². The highest BCUT2D eigenvalue weighted by molar-refractivity contribution is 6.31. The third-order valence-electron chi connectivity index (χ3n) is 7.35. The Morgan fingerprint density at radius 1 is 1.05 bits per heavy atom. The molecule has 0 radical (unpaired) electrons. The van der Waals surface area contributed by atoms with E-state index in [0.717, 1.165) is 6.07 Å². The Balaban J connectivity index is 1.41. The molecule has 1 aliphatic carbocycles. The van der Waals surface area contributed by atoms with Gasteiger partial charge in [0.25, 0.3) is 5.56 Å². The van der Waals surface area contributed by atoms with Crippen LogP contribution in [0.4, 0.5) is 17.6 Å². The molecule has 0 saturated heterocycles. The van der Waals surface area contributed by atoms with Crippen LogP contribution < -0.4 is 5.56 Å². The molecule has 1 saturated carbocycles. The first-order valence-electron chi connectivity index (χ1n) is 12.9. The molecular weight excluding hydrogens is 576 g/mol. The molecular formula is C28H23ClF4N8O. The Hall–Kier alpha value is -4.39. The fourth-order valence-electron chi connectivity index (χ4n) is 5.29. The van der Waals surface area contributed by atoms with Crippen LogP contribution in [0.2, 0.25) is 5.02 Å². The van der Waals surface area contributed by atoms with Crippen LogP contribution in [0.3, 0.4) is 0 Å². The second kappa shape index (κ2) is 10.2. The first kappa shape index (κ1) is 27.8. The number of alkyl halides is 2. The van der Waals surface area contributed by atoms with Gasteiger partial charge in [-0.05, 0) is 80.8 Å². The van der Waals surface area contributed by atoms with Crippen LogP contribution >= 0.6 is 11.6 Å². The fourth-order valence-corrected chi connectivity index (χ4v) is 5.57. The van der Waals surface area contributed by atoms with Crippen LogP contribution in [0, 0.1) is 39.3 Å². The van der Waals surface area contributed by atoms with Crippen LogP contribution in [0.25, 0.3) is 22.9 Å². The van der Waals surface area contributed by atoms with Crippen LogP contribution in [-0.4, -0.2) is 39.1 Å². The van der Waals surface area contributed by atoms with Crippen molar-refractivity contribution in [1.82, 2.24) is 39.1 Å². The third-order valence-corrected chi connectivity index (χ3v) is 7.73. The minimum atomic E-state index is -2.75. The minimum Gasteiger partial charge on any atom is -0.277 e. The smallest absolute Gasteiger partial charge is 0.277 e. The van der Waals surface area contributed by atoms with Crippen LogP contribution in [0.5, 0.6) is 0 Å². The van der Waals surface area contributed by atoms with Gasteiger partial charge in [0.2, 0.25) is 0 Å². The topological polar surface area (TPSA) is 96.3 Å². The van der Waals surface area contributed by atoms with Crippen LogP contribution in [0.1, 0.15) is 58.8 Å². The number of hydrogen-bond acceptors (Lipinski definition) is 6. The molecule has 2 atom stereocenters. The van der Waals surface area contributed by atoms with Crippen molar-refractivity contribution in [2.24, 2.45) is 0 Å². The standard InChI is InChI=1S/C28H23ClF4N8O/c1-12-9-34-24(21-6-5-20(30)26(37-21)41-15(4)36-14(3)38-41)23(31)25(12)40-13(2)7-19(22(29)27(40)42)18-8-17(18)16-10-35-39(11-16)28(32)33/h5-7,9-11,17-18,28H,8H2,1-4H3/t17-,18+/m1/s1. The number of nitrogens with zero attached hydrogens (tertiary/aromatic N) is 8. The van der Waals surface area contributed by atoms with Gasteiger partial charge in [0.1, 0.15) is 22.4 Å². The highest BCUT2D eigenvalue weighted by atomic mass is 35.5. The Kier molecular flexibility index (Phi) is 6.71. The number of pyridine rings is 3. The molecule has 6 rings (SSSR count). The summed E-state index contributed by atoms with van der Waals surface area (Å²) in [6.45, 7) is 3.79. The van der Waals surface area contributed by atoms with E-state index in [0.29, 0.717) is 45.1 Å². The maximum atomic E-state index is 16.2. The molecule has 216 valence electrons. The summed E-state index contributed by atoms with van der Waals surface area (Å²) in [7, 11) is 0. The number of rotatable bonds is 6. The maximum Gasteiger partial charge on any atom is 0.333 e. The van der Waals surface area contributed by atoms with Gasteiger partial charge >= 0.3 is 6.55 Å². The molecule has 1 aliphatic rings. The first-order valence-corrected chi connectivity index (χ1v) is 13.3. The van der Waals surface area contributed by atoms with Crippen molar-refractivity contribution >= 4 is 11.6 Å². The van der Waals surface area contributed by atoms with Gasteiger partial charge in [-0.25, -0.2) is 23.4 Å². The molecule has 14 heteroatoms. The zero-order valence-corrected chi connectivity index (χ0v) is 23.5. The van der Waals surface area contributed by atoms with Gasteiger partial charge in [-0.15, -0.1) is 5.10 Å². The highest BCUT2D eigenvalue weighted by Crippen LogP contribution is 2.56. The highest BCUT2D eigenvalue weighted by Gasteiger charge is 2.42. The molecule has 0 aliphatic heterocycles. The number of aromatic nitrogens is 8. The molecule has 5 aromatic rings. The van der Waals surface area contributed by atoms with Crippen LogP contribution in [-0.2, 0) is 0 Å². The molecule has 5 heterocycles. The number of hydrogen-bond donors (Lipinski definition) is 0. The van der Waals surface area contributed by atoms with Crippen molar-refractivity contribution < 1.29 is 17.6 Å². The first-order chi connectivity index (χ1) is 20.0. The molecule has 0 spiro atoms. The molecule has 5 aromatic heterocycles. The van der Waals surface area contributed by atoms with Crippen molar-refractivity contribution in [3.8, 4) is 22.9 Å². The Morgan fingerprint density at radius 2 is 1.81 bits per heavy atom. The third kappa shape index (κ3) is 4.57. The predicted octanol–water partition coefficient (Wildman–Crippen LogP) is 5.90. The maximum absolute atomic E-state index is 16.2. The zero-order valence-electron chi connectivity index (χ0n) is 22.8. The van der Waals surface area contributed by atoms with Crippen molar-refractivity contribution in [3.05, 3.63) is 97.8 Å². The Bertz CT molecular complexity index is 1930. The van der Waals surface area contributed by atoms with Gasteiger partial charge in [-0.2, -0.15) is 18.6 Å². The van der Waals surface area contributed by atoms with Gasteiger partial charge in [0.15, 0.2) is 17.5 Å². The van der Waals surface area contributed by atoms with Gasteiger partial charge in [0.05, 0.1) is 17.6 Å². The lowest BCUT2D eigenvalue weighted by molar-refractivity contribution is 0.0565. The molecule has 9 nitrogen and oxygen atoms in total. The molecule has 0 amide bonds. The van der Waals surface area contributed by atoms with Gasteiger partial charge < -0.3 is 0 Å². The lowest BCUT2D eigenvalue weighted by Crippen LogP contribution is -2.24. The largest absolute Gasteiger partial charge is 0.333 e. The molecule has 0 N–H and O–H groups in total. The lowest BCUT2D eigenvalue weighted by atomic mass is 10.1. The summed E-state index contributed by atoms with van der Waals surface area (Å²) in [4.78, 5) is 26.3. The monoisotopic (exact) mass is 598 g/mol. The zero-order chi connectivity index (χ0) is 30.0. The minimum absolute atomic E-state index is 0.0243. The number of aryl methyl sites for hydroxylation is 4. The van der Waals surface area contributed by atoms with Gasteiger partial charge in [-0.3, -0.25) is 14.3 Å². The van der Waals surface area contributed by atoms with E-state index < -0.39 is 23.7 Å². The van der Waals surface area contributed by atoms with Crippen molar-refractivity contribution in [2.75, 3.05) is 0 Å². The summed E-state index contributed by atoms with van der Waals surface area (Å²) in [6, 6.07) is 4.13. The lowest BCUT2D eigenvalue weighted by Gasteiger charge is -2.17. The van der Waals surface area contributed by atoms with E-state index in [1.807, 2.05) is 0 Å². The van der Waals surface area contributed by atoms with E-state index >= 15 is 4.39 Å². The van der Waals surface area contributed by atoms with E-state index in [-0.39, 0.29) is 39.8 Å².